The second-order valence-electron chi connectivity index (χ2n) is 8.10. The molecule has 0 aliphatic carbocycles. The van der Waals surface area contributed by atoms with E-state index < -0.39 is 0 Å². The van der Waals surface area contributed by atoms with Crippen LogP contribution in [0.1, 0.15) is 32.3 Å². The number of nitrogens with zero attached hydrogens (tertiary/aromatic N) is 2. The zero-order chi connectivity index (χ0) is 21.1. The summed E-state index contributed by atoms with van der Waals surface area (Å²) in [5, 5.41) is 0.894. The second-order valence-corrected chi connectivity index (χ2v) is 8.10. The van der Waals surface area contributed by atoms with Crippen LogP contribution in [0.2, 0.25) is 0 Å². The zero-order valence-electron chi connectivity index (χ0n) is 17.8. The first kappa shape index (κ1) is 20.9. The van der Waals surface area contributed by atoms with Crippen LogP contribution in [-0.4, -0.2) is 67.2 Å². The van der Waals surface area contributed by atoms with Gasteiger partial charge < -0.3 is 18.8 Å². The van der Waals surface area contributed by atoms with Gasteiger partial charge in [0.25, 0.3) is 5.91 Å². The zero-order valence-corrected chi connectivity index (χ0v) is 17.8. The Balaban J connectivity index is 1.37. The van der Waals surface area contributed by atoms with Crippen LogP contribution < -0.4 is 10.4 Å². The third-order valence-electron chi connectivity index (χ3n) is 6.14. The van der Waals surface area contributed by atoms with Crippen molar-refractivity contribution in [2.24, 2.45) is 0 Å². The molecule has 2 aromatic rings. The minimum atomic E-state index is -0.374. The Morgan fingerprint density at radius 2 is 2.07 bits per heavy atom. The molecular formula is C23H30N2O5. The summed E-state index contributed by atoms with van der Waals surface area (Å²) in [7, 11) is 0. The van der Waals surface area contributed by atoms with Gasteiger partial charge in [0.05, 0.1) is 19.3 Å². The Hall–Kier alpha value is -2.38. The van der Waals surface area contributed by atoms with Gasteiger partial charge in [-0.1, -0.05) is 20.3 Å². The number of benzene rings is 1. The van der Waals surface area contributed by atoms with Gasteiger partial charge in [-0.2, -0.15) is 0 Å². The third kappa shape index (κ3) is 4.37. The summed E-state index contributed by atoms with van der Waals surface area (Å²) in [6.45, 7) is 7.90. The monoisotopic (exact) mass is 414 g/mol. The lowest BCUT2D eigenvalue weighted by atomic mass is 10.0. The van der Waals surface area contributed by atoms with Crippen LogP contribution >= 0.6 is 0 Å². The van der Waals surface area contributed by atoms with Crippen LogP contribution in [0.3, 0.4) is 0 Å². The lowest BCUT2D eigenvalue weighted by molar-refractivity contribution is -0.142. The molecule has 3 heterocycles. The summed E-state index contributed by atoms with van der Waals surface area (Å²) in [6.07, 6.45) is 3.02. The van der Waals surface area contributed by atoms with E-state index in [2.05, 4.69) is 11.8 Å². The Morgan fingerprint density at radius 1 is 1.20 bits per heavy atom. The van der Waals surface area contributed by atoms with Gasteiger partial charge in [-0.05, 0) is 30.5 Å². The molecule has 0 saturated carbocycles. The van der Waals surface area contributed by atoms with Crippen LogP contribution in [0.4, 0.5) is 0 Å². The van der Waals surface area contributed by atoms with Crippen LogP contribution in [0.15, 0.2) is 33.5 Å². The van der Waals surface area contributed by atoms with Gasteiger partial charge in [0.2, 0.25) is 0 Å². The van der Waals surface area contributed by atoms with E-state index in [1.54, 1.807) is 6.07 Å². The van der Waals surface area contributed by atoms with Crippen molar-refractivity contribution in [2.75, 3.05) is 39.5 Å². The highest BCUT2D eigenvalue weighted by molar-refractivity contribution is 5.82. The van der Waals surface area contributed by atoms with E-state index >= 15 is 0 Å². The molecule has 162 valence electrons. The molecule has 0 N–H and O–H groups in total. The Morgan fingerprint density at radius 3 is 2.87 bits per heavy atom. The third-order valence-corrected chi connectivity index (χ3v) is 6.14. The number of carbonyl (C=O) groups is 1. The number of morpholine rings is 1. The maximum absolute atomic E-state index is 12.7. The molecule has 30 heavy (non-hydrogen) atoms. The first-order chi connectivity index (χ1) is 14.6. The molecule has 4 rings (SSSR count). The number of hydrogen-bond acceptors (Lipinski definition) is 6. The maximum atomic E-state index is 12.7. The van der Waals surface area contributed by atoms with Crippen molar-refractivity contribution in [1.82, 2.24) is 9.80 Å². The average molecular weight is 415 g/mol. The van der Waals surface area contributed by atoms with E-state index in [9.17, 15) is 9.59 Å². The van der Waals surface area contributed by atoms with Gasteiger partial charge >= 0.3 is 5.63 Å². The SMILES string of the molecule is CCC[C@H]1COC[C@H]2CN(C(=O)COc3ccc4c(CC)cc(=O)oc4c3)CCN12. The summed E-state index contributed by atoms with van der Waals surface area (Å²) in [5.41, 5.74) is 1.05. The molecule has 0 spiro atoms. The average Bonchev–Trinajstić information content (AvgIpc) is 2.76. The number of rotatable bonds is 6. The van der Waals surface area contributed by atoms with Gasteiger partial charge in [0.1, 0.15) is 11.3 Å². The number of hydrogen-bond donors (Lipinski definition) is 0. The van der Waals surface area contributed by atoms with Crippen molar-refractivity contribution >= 4 is 16.9 Å². The minimum Gasteiger partial charge on any atom is -0.484 e. The summed E-state index contributed by atoms with van der Waals surface area (Å²) in [5.74, 6) is 0.492. The fourth-order valence-electron chi connectivity index (χ4n) is 4.57. The predicted molar refractivity (Wildman–Crippen MR) is 114 cm³/mol. The van der Waals surface area contributed by atoms with E-state index in [-0.39, 0.29) is 24.2 Å². The van der Waals surface area contributed by atoms with Gasteiger partial charge in [-0.25, -0.2) is 4.79 Å². The number of fused-ring (bicyclic) bond motifs is 2. The Bertz CT molecular complexity index is 954. The predicted octanol–water partition coefficient (Wildman–Crippen LogP) is 2.45. The van der Waals surface area contributed by atoms with Crippen molar-refractivity contribution in [3.05, 3.63) is 40.2 Å². The van der Waals surface area contributed by atoms with Crippen LogP contribution in [-0.2, 0) is 16.0 Å². The fraction of sp³-hybridized carbons (Fsp3) is 0.565. The van der Waals surface area contributed by atoms with Crippen molar-refractivity contribution in [3.63, 3.8) is 0 Å². The highest BCUT2D eigenvalue weighted by Crippen LogP contribution is 2.24. The lowest BCUT2D eigenvalue weighted by Crippen LogP contribution is -2.63. The summed E-state index contributed by atoms with van der Waals surface area (Å²) in [6, 6.07) is 7.62. The molecule has 0 radical (unpaired) electrons. The normalized spacial score (nSPS) is 22.1. The number of ether oxygens (including phenoxy) is 2. The van der Waals surface area contributed by atoms with Crippen LogP contribution in [0.5, 0.6) is 5.75 Å². The summed E-state index contributed by atoms with van der Waals surface area (Å²) < 4.78 is 16.8. The van der Waals surface area contributed by atoms with Crippen molar-refractivity contribution < 1.29 is 18.7 Å². The number of aryl methyl sites for hydroxylation is 1. The molecule has 1 aromatic carbocycles. The van der Waals surface area contributed by atoms with Gasteiger partial charge in [-0.3, -0.25) is 9.69 Å². The van der Waals surface area contributed by atoms with Crippen molar-refractivity contribution in [3.8, 4) is 5.75 Å². The largest absolute Gasteiger partial charge is 0.484 e. The number of amides is 1. The van der Waals surface area contributed by atoms with E-state index in [4.69, 9.17) is 13.9 Å². The molecule has 7 heteroatoms. The molecule has 2 atom stereocenters. The van der Waals surface area contributed by atoms with Crippen LogP contribution in [0.25, 0.3) is 11.0 Å². The minimum absolute atomic E-state index is 0.0314. The molecule has 1 aromatic heterocycles. The molecule has 7 nitrogen and oxygen atoms in total. The van der Waals surface area contributed by atoms with Crippen LogP contribution in [0, 0.1) is 0 Å². The molecule has 2 aliphatic heterocycles. The molecule has 0 bridgehead atoms. The van der Waals surface area contributed by atoms with Gasteiger partial charge in [-0.15, -0.1) is 0 Å². The number of piperazine rings is 1. The molecule has 1 amide bonds. The van der Waals surface area contributed by atoms with E-state index in [0.29, 0.717) is 37.1 Å². The maximum Gasteiger partial charge on any atom is 0.336 e. The topological polar surface area (TPSA) is 72.2 Å². The van der Waals surface area contributed by atoms with E-state index in [1.807, 2.05) is 24.0 Å². The van der Waals surface area contributed by atoms with Crippen molar-refractivity contribution in [1.29, 1.82) is 0 Å². The van der Waals surface area contributed by atoms with Gasteiger partial charge in [0.15, 0.2) is 6.61 Å². The summed E-state index contributed by atoms with van der Waals surface area (Å²) >= 11 is 0. The molecule has 2 fully saturated rings. The Kier molecular flexibility index (Phi) is 6.39. The molecule has 0 unspecified atom stereocenters. The fourth-order valence-corrected chi connectivity index (χ4v) is 4.57. The van der Waals surface area contributed by atoms with Crippen molar-refractivity contribution in [2.45, 2.75) is 45.2 Å². The van der Waals surface area contributed by atoms with E-state index in [0.717, 1.165) is 43.4 Å². The smallest absolute Gasteiger partial charge is 0.336 e. The molecule has 2 saturated heterocycles. The number of carbonyl (C=O) groups excluding carboxylic acids is 1. The second kappa shape index (κ2) is 9.18. The quantitative estimate of drug-likeness (QED) is 0.676. The first-order valence-electron chi connectivity index (χ1n) is 10.9. The highest BCUT2D eigenvalue weighted by atomic mass is 16.5. The lowest BCUT2D eigenvalue weighted by Gasteiger charge is -2.48. The first-order valence-corrected chi connectivity index (χ1v) is 10.9. The molecular weight excluding hydrogens is 384 g/mol. The highest BCUT2D eigenvalue weighted by Gasteiger charge is 2.36. The van der Waals surface area contributed by atoms with E-state index in [1.165, 1.54) is 6.07 Å². The van der Waals surface area contributed by atoms with Gasteiger partial charge in [0, 0.05) is 43.2 Å². The Labute approximate surface area is 176 Å². The summed E-state index contributed by atoms with van der Waals surface area (Å²) in [4.78, 5) is 28.9. The standard InChI is InChI=1S/C23H30N2O5/c1-3-5-17-13-28-14-18-12-24(8-9-25(17)18)22(26)15-29-19-6-7-20-16(4-2)10-23(27)30-21(20)11-19/h6-7,10-11,17-18H,3-5,8-9,12-15H2,1-2H3/t17-,18+/m0/s1. The molecule has 2 aliphatic rings.